The summed E-state index contributed by atoms with van der Waals surface area (Å²) in [5.74, 6) is 4.63. The van der Waals surface area contributed by atoms with Crippen molar-refractivity contribution < 1.29 is 4.92 Å². The Hall–Kier alpha value is -1.85. The summed E-state index contributed by atoms with van der Waals surface area (Å²) in [6.45, 7) is 0. The van der Waals surface area contributed by atoms with Gasteiger partial charge in [-0.15, -0.1) is 0 Å². The van der Waals surface area contributed by atoms with Gasteiger partial charge in [0.25, 0.3) is 0 Å². The quantitative estimate of drug-likeness (QED) is 0.372. The first-order chi connectivity index (χ1) is 5.74. The van der Waals surface area contributed by atoms with Gasteiger partial charge in [-0.2, -0.15) is 5.26 Å². The maximum Gasteiger partial charge on any atom is 0.325 e. The van der Waals surface area contributed by atoms with Crippen molar-refractivity contribution in [2.75, 3.05) is 0 Å². The topological polar surface area (TPSA) is 66.9 Å². The minimum atomic E-state index is -0.484. The molecule has 1 aromatic rings. The predicted octanol–water partition coefficient (Wildman–Crippen LogP) is 1.53. The molecule has 1 aromatic heterocycles. The molecule has 0 aliphatic carbocycles. The molecule has 4 nitrogen and oxygen atoms in total. The fraction of sp³-hybridized carbons (Fsp3) is 0. The Kier molecular flexibility index (Phi) is 2.42. The second-order valence-electron chi connectivity index (χ2n) is 1.76. The van der Waals surface area contributed by atoms with Gasteiger partial charge in [-0.05, 0) is 12.0 Å². The molecule has 58 valence electrons. The van der Waals surface area contributed by atoms with Crippen molar-refractivity contribution in [3.05, 3.63) is 27.1 Å². The van der Waals surface area contributed by atoms with Gasteiger partial charge in [-0.3, -0.25) is 10.1 Å². The van der Waals surface area contributed by atoms with Crippen LogP contribution in [0.5, 0.6) is 0 Å². The van der Waals surface area contributed by atoms with Crippen LogP contribution < -0.4 is 0 Å². The van der Waals surface area contributed by atoms with Crippen molar-refractivity contribution in [1.82, 2.24) is 0 Å². The molecule has 1 heterocycles. The van der Waals surface area contributed by atoms with E-state index in [0.717, 1.165) is 11.3 Å². The van der Waals surface area contributed by atoms with E-state index >= 15 is 0 Å². The molecule has 5 heteroatoms. The van der Waals surface area contributed by atoms with Gasteiger partial charge in [0.15, 0.2) is 6.07 Å². The fourth-order valence-electron chi connectivity index (χ4n) is 0.583. The van der Waals surface area contributed by atoms with Gasteiger partial charge < -0.3 is 0 Å². The van der Waals surface area contributed by atoms with E-state index in [-0.39, 0.29) is 5.00 Å². The zero-order chi connectivity index (χ0) is 8.97. The van der Waals surface area contributed by atoms with Crippen molar-refractivity contribution in [3.63, 3.8) is 0 Å². The molecule has 1 rings (SSSR count). The Morgan fingerprint density at radius 2 is 2.33 bits per heavy atom. The van der Waals surface area contributed by atoms with E-state index in [1.807, 2.05) is 0 Å². The SMILES string of the molecule is N#CC#Cc1ccc([N+](=O)[O-])s1. The van der Waals surface area contributed by atoms with Crippen LogP contribution in [0.3, 0.4) is 0 Å². The molecule has 0 atom stereocenters. The van der Waals surface area contributed by atoms with E-state index < -0.39 is 4.92 Å². The summed E-state index contributed by atoms with van der Waals surface area (Å²) in [6, 6.07) is 4.52. The van der Waals surface area contributed by atoms with Crippen molar-refractivity contribution in [3.8, 4) is 17.9 Å². The molecule has 0 unspecified atom stereocenters. The molecule has 0 bridgehead atoms. The minimum absolute atomic E-state index is 0.0391. The van der Waals surface area contributed by atoms with Gasteiger partial charge in [0.1, 0.15) is 0 Å². The third-order valence-electron chi connectivity index (χ3n) is 1.01. The lowest BCUT2D eigenvalue weighted by atomic mass is 10.4. The van der Waals surface area contributed by atoms with Crippen molar-refractivity contribution >= 4 is 16.3 Å². The molecule has 0 saturated heterocycles. The van der Waals surface area contributed by atoms with Crippen LogP contribution in [0.1, 0.15) is 4.88 Å². The van der Waals surface area contributed by atoms with Crippen LogP contribution in [-0.2, 0) is 0 Å². The van der Waals surface area contributed by atoms with Gasteiger partial charge in [0.05, 0.1) is 9.80 Å². The number of nitriles is 1. The first-order valence-corrected chi connectivity index (χ1v) is 3.70. The second kappa shape index (κ2) is 3.51. The number of nitrogens with zero attached hydrogens (tertiary/aromatic N) is 2. The lowest BCUT2D eigenvalue weighted by Gasteiger charge is -1.78. The Balaban J connectivity index is 2.94. The molecule has 0 spiro atoms. The summed E-state index contributed by atoms with van der Waals surface area (Å²) in [5.41, 5.74) is 0. The van der Waals surface area contributed by atoms with Gasteiger partial charge >= 0.3 is 5.00 Å². The van der Waals surface area contributed by atoms with Crippen molar-refractivity contribution in [1.29, 1.82) is 5.26 Å². The van der Waals surface area contributed by atoms with Crippen LogP contribution in [0, 0.1) is 33.3 Å². The lowest BCUT2D eigenvalue weighted by molar-refractivity contribution is -0.380. The molecular formula is C7H2N2O2S. The highest BCUT2D eigenvalue weighted by Gasteiger charge is 2.07. The number of nitro groups is 1. The highest BCUT2D eigenvalue weighted by Crippen LogP contribution is 2.22. The standard InChI is InChI=1S/C7H2N2O2S/c8-5-1-2-6-3-4-7(12-6)9(10)11/h3-4H. The summed E-state index contributed by atoms with van der Waals surface area (Å²) in [5, 5.41) is 18.3. The number of thiophene rings is 1. The number of hydrogen-bond donors (Lipinski definition) is 0. The van der Waals surface area contributed by atoms with Crippen LogP contribution in [0.4, 0.5) is 5.00 Å². The molecule has 12 heavy (non-hydrogen) atoms. The molecule has 0 radical (unpaired) electrons. The van der Waals surface area contributed by atoms with Crippen LogP contribution in [0.15, 0.2) is 12.1 Å². The predicted molar refractivity (Wildman–Crippen MR) is 43.5 cm³/mol. The van der Waals surface area contributed by atoms with E-state index in [1.165, 1.54) is 12.1 Å². The fourth-order valence-corrected chi connectivity index (χ4v) is 1.26. The molecule has 0 aliphatic heterocycles. The Bertz CT molecular complexity index is 405. The summed E-state index contributed by atoms with van der Waals surface area (Å²) in [4.78, 5) is 10.2. The van der Waals surface area contributed by atoms with Crippen molar-refractivity contribution in [2.24, 2.45) is 0 Å². The molecule has 0 aromatic carbocycles. The van der Waals surface area contributed by atoms with E-state index in [0.29, 0.717) is 4.88 Å². The molecule has 0 amide bonds. The summed E-state index contributed by atoms with van der Waals surface area (Å²) >= 11 is 0.957. The zero-order valence-electron chi connectivity index (χ0n) is 5.77. The van der Waals surface area contributed by atoms with Gasteiger partial charge in [-0.25, -0.2) is 0 Å². The molecular weight excluding hydrogens is 176 g/mol. The van der Waals surface area contributed by atoms with Crippen LogP contribution >= 0.6 is 11.3 Å². The summed E-state index contributed by atoms with van der Waals surface area (Å²) in [7, 11) is 0. The second-order valence-corrected chi connectivity index (χ2v) is 2.82. The third-order valence-corrected chi connectivity index (χ3v) is 1.97. The molecule has 0 saturated carbocycles. The molecule has 0 aliphatic rings. The average Bonchev–Trinajstić information content (AvgIpc) is 2.48. The number of hydrogen-bond acceptors (Lipinski definition) is 4. The Morgan fingerprint density at radius 1 is 1.58 bits per heavy atom. The lowest BCUT2D eigenvalue weighted by Crippen LogP contribution is -1.80. The normalized spacial score (nSPS) is 7.92. The maximum atomic E-state index is 10.2. The number of rotatable bonds is 1. The Morgan fingerprint density at radius 3 is 2.83 bits per heavy atom. The smallest absolute Gasteiger partial charge is 0.258 e. The third kappa shape index (κ3) is 1.82. The van der Waals surface area contributed by atoms with E-state index in [4.69, 9.17) is 5.26 Å². The highest BCUT2D eigenvalue weighted by atomic mass is 32.1. The van der Waals surface area contributed by atoms with Gasteiger partial charge in [0, 0.05) is 12.0 Å². The average molecular weight is 178 g/mol. The van der Waals surface area contributed by atoms with Gasteiger partial charge in [-0.1, -0.05) is 11.3 Å². The van der Waals surface area contributed by atoms with E-state index in [1.54, 1.807) is 6.07 Å². The van der Waals surface area contributed by atoms with Gasteiger partial charge in [0.2, 0.25) is 0 Å². The molecule has 0 N–H and O–H groups in total. The maximum absolute atomic E-state index is 10.2. The summed E-state index contributed by atoms with van der Waals surface area (Å²) in [6.07, 6.45) is 0. The van der Waals surface area contributed by atoms with E-state index in [2.05, 4.69) is 11.8 Å². The first-order valence-electron chi connectivity index (χ1n) is 2.88. The van der Waals surface area contributed by atoms with Crippen molar-refractivity contribution in [2.45, 2.75) is 0 Å². The summed E-state index contributed by atoms with van der Waals surface area (Å²) < 4.78 is 0. The minimum Gasteiger partial charge on any atom is -0.258 e. The molecule has 0 fully saturated rings. The van der Waals surface area contributed by atoms with E-state index in [9.17, 15) is 10.1 Å². The zero-order valence-corrected chi connectivity index (χ0v) is 6.59. The van der Waals surface area contributed by atoms with Crippen LogP contribution in [-0.4, -0.2) is 4.92 Å². The highest BCUT2D eigenvalue weighted by molar-refractivity contribution is 7.15. The van der Waals surface area contributed by atoms with Crippen LogP contribution in [0.25, 0.3) is 0 Å². The Labute approximate surface area is 72.2 Å². The largest absolute Gasteiger partial charge is 0.325 e. The monoisotopic (exact) mass is 178 g/mol. The van der Waals surface area contributed by atoms with Crippen LogP contribution in [0.2, 0.25) is 0 Å². The first kappa shape index (κ1) is 8.25.